The van der Waals surface area contributed by atoms with Crippen LogP contribution in [0.5, 0.6) is 11.5 Å². The molecule has 0 radical (unpaired) electrons. The zero-order chi connectivity index (χ0) is 14.7. The maximum atomic E-state index is 11.6. The molecule has 1 aromatic carbocycles. The largest absolute Gasteiger partial charge is 0.497 e. The number of hydrogen-bond acceptors (Lipinski definition) is 6. The number of ketones is 1. The molecule has 1 aromatic rings. The molecule has 1 atom stereocenters. The van der Waals surface area contributed by atoms with Crippen molar-refractivity contribution in [3.63, 3.8) is 0 Å². The second-order valence-corrected chi connectivity index (χ2v) is 4.22. The molecule has 0 bridgehead atoms. The van der Waals surface area contributed by atoms with E-state index in [1.54, 1.807) is 18.2 Å². The van der Waals surface area contributed by atoms with Gasteiger partial charge in [0.2, 0.25) is 0 Å². The van der Waals surface area contributed by atoms with E-state index >= 15 is 0 Å². The molecular formula is C14H15NO5. The van der Waals surface area contributed by atoms with Crippen molar-refractivity contribution in [2.24, 2.45) is 5.92 Å². The minimum atomic E-state index is -0.981. The molecule has 6 nitrogen and oxygen atoms in total. The van der Waals surface area contributed by atoms with Crippen molar-refractivity contribution in [1.82, 2.24) is 0 Å². The predicted octanol–water partition coefficient (Wildman–Crippen LogP) is 1.37. The second-order valence-electron chi connectivity index (χ2n) is 4.22. The fourth-order valence-corrected chi connectivity index (χ4v) is 1.93. The fraction of sp³-hybridized carbons (Fsp3) is 0.286. The van der Waals surface area contributed by atoms with Crippen LogP contribution < -0.4 is 14.8 Å². The summed E-state index contributed by atoms with van der Waals surface area (Å²) >= 11 is 0. The molecule has 1 aliphatic rings. The molecule has 6 heteroatoms. The number of anilines is 1. The highest BCUT2D eigenvalue weighted by atomic mass is 16.5. The van der Waals surface area contributed by atoms with Crippen LogP contribution in [-0.4, -0.2) is 32.6 Å². The predicted molar refractivity (Wildman–Crippen MR) is 71.8 cm³/mol. The Morgan fingerprint density at radius 3 is 2.65 bits per heavy atom. The molecular weight excluding hydrogens is 262 g/mol. The normalized spacial score (nSPS) is 17.6. The fourth-order valence-electron chi connectivity index (χ4n) is 1.93. The van der Waals surface area contributed by atoms with Crippen LogP contribution >= 0.6 is 0 Å². The Morgan fingerprint density at radius 2 is 2.10 bits per heavy atom. The van der Waals surface area contributed by atoms with Crippen LogP contribution in [0.2, 0.25) is 0 Å². The Balaban J connectivity index is 2.22. The smallest absolute Gasteiger partial charge is 0.323 e. The van der Waals surface area contributed by atoms with Crippen LogP contribution in [0.3, 0.4) is 0 Å². The van der Waals surface area contributed by atoms with Crippen LogP contribution in [0.4, 0.5) is 5.69 Å². The maximum absolute atomic E-state index is 11.6. The summed E-state index contributed by atoms with van der Waals surface area (Å²) in [6.07, 6.45) is 0. The molecule has 1 fully saturated rings. The van der Waals surface area contributed by atoms with E-state index in [-0.39, 0.29) is 18.1 Å². The minimum Gasteiger partial charge on any atom is -0.497 e. The first-order valence-electron chi connectivity index (χ1n) is 5.94. The number of Topliss-reactive ketones (excluding diaryl/α,β-unsaturated/α-hetero) is 1. The maximum Gasteiger partial charge on any atom is 0.323 e. The van der Waals surface area contributed by atoms with Gasteiger partial charge in [0.1, 0.15) is 11.5 Å². The van der Waals surface area contributed by atoms with Crippen molar-refractivity contribution in [2.45, 2.75) is 0 Å². The first-order chi connectivity index (χ1) is 9.56. The third kappa shape index (κ3) is 2.59. The summed E-state index contributed by atoms with van der Waals surface area (Å²) in [7, 11) is 3.06. The second kappa shape index (κ2) is 5.64. The summed E-state index contributed by atoms with van der Waals surface area (Å²) in [6.45, 7) is 3.53. The summed E-state index contributed by atoms with van der Waals surface area (Å²) < 4.78 is 15.0. The van der Waals surface area contributed by atoms with Gasteiger partial charge in [-0.3, -0.25) is 9.59 Å². The molecule has 106 valence electrons. The molecule has 0 aliphatic carbocycles. The van der Waals surface area contributed by atoms with Crippen LogP contribution in [0.15, 0.2) is 30.5 Å². The monoisotopic (exact) mass is 277 g/mol. The lowest BCUT2D eigenvalue weighted by Crippen LogP contribution is -2.22. The lowest BCUT2D eigenvalue weighted by molar-refractivity contribution is -0.140. The van der Waals surface area contributed by atoms with Gasteiger partial charge < -0.3 is 19.5 Å². The summed E-state index contributed by atoms with van der Waals surface area (Å²) in [5, 5.41) is 2.92. The Hall–Kier alpha value is -2.50. The summed E-state index contributed by atoms with van der Waals surface area (Å²) in [4.78, 5) is 23.1. The first-order valence-corrected chi connectivity index (χ1v) is 5.94. The van der Waals surface area contributed by atoms with Crippen LogP contribution in [0, 0.1) is 5.92 Å². The molecule has 0 unspecified atom stereocenters. The average molecular weight is 277 g/mol. The number of ether oxygens (including phenoxy) is 3. The number of hydrogen-bond donors (Lipinski definition) is 1. The molecule has 1 N–H and O–H groups in total. The van der Waals surface area contributed by atoms with Gasteiger partial charge in [0.15, 0.2) is 18.3 Å². The summed E-state index contributed by atoms with van der Waals surface area (Å²) in [5.41, 5.74) is 0.813. The molecule has 1 aliphatic heterocycles. The van der Waals surface area contributed by atoms with Gasteiger partial charge in [0.05, 0.1) is 19.9 Å². The quantitative estimate of drug-likeness (QED) is 0.647. The zero-order valence-electron chi connectivity index (χ0n) is 11.3. The van der Waals surface area contributed by atoms with E-state index in [0.29, 0.717) is 17.2 Å². The van der Waals surface area contributed by atoms with E-state index in [1.165, 1.54) is 14.2 Å². The third-order valence-corrected chi connectivity index (χ3v) is 2.96. The molecule has 0 amide bonds. The van der Waals surface area contributed by atoms with Crippen molar-refractivity contribution in [2.75, 3.05) is 26.1 Å². The van der Waals surface area contributed by atoms with Crippen molar-refractivity contribution < 1.29 is 23.8 Å². The molecule has 2 rings (SSSR count). The Labute approximate surface area is 116 Å². The van der Waals surface area contributed by atoms with E-state index in [1.807, 2.05) is 0 Å². The van der Waals surface area contributed by atoms with Crippen molar-refractivity contribution in [3.8, 4) is 11.5 Å². The molecule has 0 saturated carbocycles. The van der Waals surface area contributed by atoms with Gasteiger partial charge in [-0.05, 0) is 12.1 Å². The molecule has 1 heterocycles. The van der Waals surface area contributed by atoms with Gasteiger partial charge in [0, 0.05) is 11.8 Å². The zero-order valence-corrected chi connectivity index (χ0v) is 11.3. The van der Waals surface area contributed by atoms with E-state index < -0.39 is 11.9 Å². The number of cyclic esters (lactones) is 1. The molecule has 0 aromatic heterocycles. The van der Waals surface area contributed by atoms with Gasteiger partial charge in [-0.25, -0.2) is 0 Å². The molecule has 1 saturated heterocycles. The van der Waals surface area contributed by atoms with Crippen molar-refractivity contribution >= 4 is 17.4 Å². The number of methoxy groups -OCH3 is 2. The Kier molecular flexibility index (Phi) is 3.93. The van der Waals surface area contributed by atoms with Gasteiger partial charge in [-0.2, -0.15) is 0 Å². The topological polar surface area (TPSA) is 73.9 Å². The first kappa shape index (κ1) is 13.9. The lowest BCUT2D eigenvalue weighted by Gasteiger charge is -2.15. The van der Waals surface area contributed by atoms with Gasteiger partial charge >= 0.3 is 5.97 Å². The number of nitrogens with one attached hydrogen (secondary N) is 1. The van der Waals surface area contributed by atoms with E-state index in [0.717, 1.165) is 0 Å². The average Bonchev–Trinajstić information content (AvgIpc) is 2.78. The van der Waals surface area contributed by atoms with Gasteiger partial charge in [0.25, 0.3) is 0 Å². The van der Waals surface area contributed by atoms with E-state index in [2.05, 4.69) is 11.9 Å². The highest BCUT2D eigenvalue weighted by Gasteiger charge is 2.37. The van der Waals surface area contributed by atoms with Crippen LogP contribution in [-0.2, 0) is 14.3 Å². The third-order valence-electron chi connectivity index (χ3n) is 2.96. The van der Waals surface area contributed by atoms with Crippen molar-refractivity contribution in [3.05, 3.63) is 30.5 Å². The standard InChI is InChI=1S/C14H15NO5/c1-8(13-11(16)7-20-14(13)17)15-10-6-9(18-2)4-5-12(10)19-3/h4-6,13,15H,1,7H2,2-3H3/t13-/m1/s1. The Bertz CT molecular complexity index is 551. The van der Waals surface area contributed by atoms with Gasteiger partial charge in [-0.15, -0.1) is 0 Å². The van der Waals surface area contributed by atoms with E-state index in [4.69, 9.17) is 14.2 Å². The number of carbonyl (C=O) groups excluding carboxylic acids is 2. The van der Waals surface area contributed by atoms with Crippen molar-refractivity contribution in [1.29, 1.82) is 0 Å². The van der Waals surface area contributed by atoms with Crippen LogP contribution in [0.1, 0.15) is 0 Å². The highest BCUT2D eigenvalue weighted by molar-refractivity contribution is 6.07. The number of benzene rings is 1. The number of esters is 1. The van der Waals surface area contributed by atoms with Crippen LogP contribution in [0.25, 0.3) is 0 Å². The highest BCUT2D eigenvalue weighted by Crippen LogP contribution is 2.31. The summed E-state index contributed by atoms with van der Waals surface area (Å²) in [5.74, 6) is -0.721. The summed E-state index contributed by atoms with van der Waals surface area (Å²) in [6, 6.07) is 5.14. The van der Waals surface area contributed by atoms with E-state index in [9.17, 15) is 9.59 Å². The minimum absolute atomic E-state index is 0.209. The molecule has 0 spiro atoms. The number of rotatable bonds is 5. The van der Waals surface area contributed by atoms with Gasteiger partial charge in [-0.1, -0.05) is 6.58 Å². The lowest BCUT2D eigenvalue weighted by atomic mass is 10.0. The molecule has 20 heavy (non-hydrogen) atoms. The number of carbonyl (C=O) groups is 2. The Morgan fingerprint density at radius 1 is 1.35 bits per heavy atom. The SMILES string of the molecule is C=C(Nc1cc(OC)ccc1OC)[C@@H]1C(=O)COC1=O.